The van der Waals surface area contributed by atoms with Crippen molar-refractivity contribution >= 4 is 11.6 Å². The molecule has 0 N–H and O–H groups in total. The molecule has 0 saturated heterocycles. The molecule has 168 valence electrons. The zero-order chi connectivity index (χ0) is 23.3. The number of benzene rings is 1. The Kier molecular flexibility index (Phi) is 7.33. The van der Waals surface area contributed by atoms with Gasteiger partial charge in [0.25, 0.3) is 0 Å². The first-order valence-electron chi connectivity index (χ1n) is 10.8. The minimum atomic E-state index is -0.379. The van der Waals surface area contributed by atoms with E-state index < -0.39 is 0 Å². The molecule has 0 spiro atoms. The van der Waals surface area contributed by atoms with Gasteiger partial charge in [-0.2, -0.15) is 0 Å². The second-order valence-corrected chi connectivity index (χ2v) is 9.28. The lowest BCUT2D eigenvalue weighted by Crippen LogP contribution is -2.11. The summed E-state index contributed by atoms with van der Waals surface area (Å²) in [6, 6.07) is 10.6. The van der Waals surface area contributed by atoms with Gasteiger partial charge >= 0.3 is 0 Å². The summed E-state index contributed by atoms with van der Waals surface area (Å²) in [4.78, 5) is 27.9. The number of ketones is 2. The molecule has 6 heteroatoms. The third kappa shape index (κ3) is 6.67. The molecule has 3 aromatic rings. The lowest BCUT2D eigenvalue weighted by atomic mass is 9.92. The maximum Gasteiger partial charge on any atom is 0.145 e. The van der Waals surface area contributed by atoms with Gasteiger partial charge in [-0.05, 0) is 54.7 Å². The summed E-state index contributed by atoms with van der Waals surface area (Å²) in [7, 11) is 0. The maximum absolute atomic E-state index is 14.6. The van der Waals surface area contributed by atoms with Gasteiger partial charge in [0.05, 0.1) is 12.1 Å². The Bertz CT molecular complexity index is 1110. The summed E-state index contributed by atoms with van der Waals surface area (Å²) in [5.74, 6) is 0.0668. The van der Waals surface area contributed by atoms with Crippen LogP contribution in [0.5, 0.6) is 0 Å². The van der Waals surface area contributed by atoms with Crippen LogP contribution in [0.25, 0.3) is 0 Å². The number of carbonyl (C=O) groups is 2. The van der Waals surface area contributed by atoms with Crippen LogP contribution in [-0.2, 0) is 47.1 Å². The monoisotopic (exact) mass is 436 g/mol. The molecule has 32 heavy (non-hydrogen) atoms. The molecule has 1 aromatic carbocycles. The summed E-state index contributed by atoms with van der Waals surface area (Å²) in [6.07, 6.45) is 3.49. The van der Waals surface area contributed by atoms with Crippen LogP contribution in [0.4, 0.5) is 4.39 Å². The van der Waals surface area contributed by atoms with Gasteiger partial charge in [-0.15, -0.1) is 0 Å². The number of aryl methyl sites for hydroxylation is 2. The lowest BCUT2D eigenvalue weighted by Gasteiger charge is -2.12. The van der Waals surface area contributed by atoms with Crippen LogP contribution in [0, 0.1) is 5.82 Å². The van der Waals surface area contributed by atoms with E-state index >= 15 is 0 Å². The molecule has 3 rings (SSSR count). The van der Waals surface area contributed by atoms with Crippen molar-refractivity contribution in [3.63, 3.8) is 0 Å². The van der Waals surface area contributed by atoms with Crippen molar-refractivity contribution in [3.05, 3.63) is 82.3 Å². The van der Waals surface area contributed by atoms with E-state index in [1.807, 2.05) is 39.0 Å². The largest absolute Gasteiger partial charge is 0.361 e. The molecule has 0 fully saturated rings. The van der Waals surface area contributed by atoms with Crippen molar-refractivity contribution < 1.29 is 18.5 Å². The van der Waals surface area contributed by atoms with E-state index in [0.717, 1.165) is 22.5 Å². The number of rotatable bonds is 9. The molecule has 0 aliphatic heterocycles. The van der Waals surface area contributed by atoms with Crippen molar-refractivity contribution in [3.8, 4) is 0 Å². The van der Waals surface area contributed by atoms with E-state index in [2.05, 4.69) is 10.1 Å². The second-order valence-electron chi connectivity index (χ2n) is 9.28. The van der Waals surface area contributed by atoms with Gasteiger partial charge in [-0.1, -0.05) is 38.1 Å². The Morgan fingerprint density at radius 1 is 0.969 bits per heavy atom. The van der Waals surface area contributed by atoms with Crippen molar-refractivity contribution in [1.82, 2.24) is 10.1 Å². The topological polar surface area (TPSA) is 73.1 Å². The number of carbonyl (C=O) groups excluding carboxylic acids is 2. The fourth-order valence-electron chi connectivity index (χ4n) is 3.43. The summed E-state index contributed by atoms with van der Waals surface area (Å²) in [6.45, 7) is 7.60. The van der Waals surface area contributed by atoms with E-state index in [1.54, 1.807) is 18.3 Å². The van der Waals surface area contributed by atoms with Crippen LogP contribution in [0.2, 0.25) is 0 Å². The molecule has 5 nitrogen and oxygen atoms in total. The zero-order valence-electron chi connectivity index (χ0n) is 19.1. The van der Waals surface area contributed by atoms with Gasteiger partial charge < -0.3 is 4.52 Å². The standard InChI is InChI=1S/C26H29FN2O3/c1-17(30)11-21-12-19(9-10-28-21)6-5-18-7-8-20(24(27)13-18)14-22(31)15-23-16-25(29-32-23)26(2,3)4/h7-10,12-13,16H,5-6,11,14-15H2,1-4H3. The highest BCUT2D eigenvalue weighted by atomic mass is 19.1. The van der Waals surface area contributed by atoms with E-state index in [1.165, 1.54) is 13.0 Å². The fraction of sp³-hybridized carbons (Fsp3) is 0.385. The molecule has 0 bridgehead atoms. The molecule has 0 radical (unpaired) electrons. The van der Waals surface area contributed by atoms with Gasteiger partial charge in [0, 0.05) is 36.2 Å². The molecular formula is C26H29FN2O3. The highest BCUT2D eigenvalue weighted by Crippen LogP contribution is 2.22. The third-order valence-corrected chi connectivity index (χ3v) is 5.22. The SMILES string of the molecule is CC(=O)Cc1cc(CCc2ccc(CC(=O)Cc3cc(C(C)(C)C)no3)c(F)c2)ccn1. The predicted molar refractivity (Wildman–Crippen MR) is 120 cm³/mol. The average Bonchev–Trinajstić information content (AvgIpc) is 3.17. The first kappa shape index (κ1) is 23.5. The van der Waals surface area contributed by atoms with Gasteiger partial charge in [-0.3, -0.25) is 14.6 Å². The summed E-state index contributed by atoms with van der Waals surface area (Å²) < 4.78 is 19.9. The van der Waals surface area contributed by atoms with Gasteiger partial charge in [-0.25, -0.2) is 4.39 Å². The number of hydrogen-bond acceptors (Lipinski definition) is 5. The number of nitrogens with zero attached hydrogens (tertiary/aromatic N) is 2. The van der Waals surface area contributed by atoms with Crippen molar-refractivity contribution in [2.45, 2.75) is 65.2 Å². The highest BCUT2D eigenvalue weighted by Gasteiger charge is 2.20. The maximum atomic E-state index is 14.6. The smallest absolute Gasteiger partial charge is 0.145 e. The van der Waals surface area contributed by atoms with E-state index in [9.17, 15) is 14.0 Å². The molecule has 0 saturated carbocycles. The fourth-order valence-corrected chi connectivity index (χ4v) is 3.43. The number of hydrogen-bond donors (Lipinski definition) is 0. The van der Waals surface area contributed by atoms with Crippen molar-refractivity contribution in [1.29, 1.82) is 0 Å². The van der Waals surface area contributed by atoms with Crippen LogP contribution < -0.4 is 0 Å². The first-order valence-corrected chi connectivity index (χ1v) is 10.8. The molecule has 0 atom stereocenters. The number of halogens is 1. The van der Waals surface area contributed by atoms with Crippen molar-refractivity contribution in [2.24, 2.45) is 0 Å². The Hall–Kier alpha value is -3.15. The Morgan fingerprint density at radius 3 is 2.31 bits per heavy atom. The number of pyridine rings is 1. The third-order valence-electron chi connectivity index (χ3n) is 5.22. The minimum absolute atomic E-state index is 0.0103. The first-order chi connectivity index (χ1) is 15.1. The molecule has 2 heterocycles. The van der Waals surface area contributed by atoms with Crippen LogP contribution in [0.3, 0.4) is 0 Å². The van der Waals surface area contributed by atoms with Crippen LogP contribution >= 0.6 is 0 Å². The summed E-state index contributed by atoms with van der Waals surface area (Å²) in [5.41, 5.74) is 3.67. The van der Waals surface area contributed by atoms with E-state index in [0.29, 0.717) is 30.6 Å². The highest BCUT2D eigenvalue weighted by molar-refractivity contribution is 5.82. The minimum Gasteiger partial charge on any atom is -0.361 e. The zero-order valence-corrected chi connectivity index (χ0v) is 19.1. The predicted octanol–water partition coefficient (Wildman–Crippen LogP) is 4.78. The molecule has 0 unspecified atom stereocenters. The molecule has 2 aromatic heterocycles. The normalized spacial score (nSPS) is 11.5. The Labute approximate surface area is 188 Å². The van der Waals surface area contributed by atoms with E-state index in [-0.39, 0.29) is 35.6 Å². The average molecular weight is 437 g/mol. The second kappa shape index (κ2) is 9.98. The van der Waals surface area contributed by atoms with Gasteiger partial charge in [0.15, 0.2) is 0 Å². The Balaban J connectivity index is 1.57. The number of Topliss-reactive ketones (excluding diaryl/α,β-unsaturated/α-hetero) is 2. The van der Waals surface area contributed by atoms with Gasteiger partial charge in [0.2, 0.25) is 0 Å². The molecule has 0 amide bonds. The van der Waals surface area contributed by atoms with Crippen LogP contribution in [0.1, 0.15) is 61.5 Å². The van der Waals surface area contributed by atoms with Crippen LogP contribution in [0.15, 0.2) is 47.1 Å². The van der Waals surface area contributed by atoms with Crippen molar-refractivity contribution in [2.75, 3.05) is 0 Å². The van der Waals surface area contributed by atoms with Gasteiger partial charge in [0.1, 0.15) is 23.1 Å². The molecule has 0 aliphatic rings. The summed E-state index contributed by atoms with van der Waals surface area (Å²) >= 11 is 0. The molecular weight excluding hydrogens is 407 g/mol. The Morgan fingerprint density at radius 2 is 1.69 bits per heavy atom. The number of aromatic nitrogens is 2. The lowest BCUT2D eigenvalue weighted by molar-refractivity contribution is -0.118. The van der Waals surface area contributed by atoms with E-state index in [4.69, 9.17) is 4.52 Å². The molecule has 0 aliphatic carbocycles. The van der Waals surface area contributed by atoms with Crippen LogP contribution in [-0.4, -0.2) is 21.7 Å². The quantitative estimate of drug-likeness (QED) is 0.483. The summed E-state index contributed by atoms with van der Waals surface area (Å²) in [5, 5.41) is 4.02.